The van der Waals surface area contributed by atoms with Gasteiger partial charge in [-0.1, -0.05) is 6.42 Å². The molecule has 17 heavy (non-hydrogen) atoms. The molecule has 0 N–H and O–H groups in total. The van der Waals surface area contributed by atoms with Gasteiger partial charge in [0.2, 0.25) is 0 Å². The molecule has 1 aliphatic rings. The first-order chi connectivity index (χ1) is 7.98. The highest BCUT2D eigenvalue weighted by Crippen LogP contribution is 2.44. The van der Waals surface area contributed by atoms with Crippen LogP contribution in [0.15, 0.2) is 18.2 Å². The first kappa shape index (κ1) is 12.7. The maximum absolute atomic E-state index is 13.1. The number of alkyl halides is 3. The van der Waals surface area contributed by atoms with Crippen molar-refractivity contribution in [2.45, 2.75) is 30.7 Å². The summed E-state index contributed by atoms with van der Waals surface area (Å²) in [6.07, 6.45) is -1.78. The Kier molecular flexibility index (Phi) is 3.66. The van der Waals surface area contributed by atoms with E-state index in [0.717, 1.165) is 36.8 Å². The van der Waals surface area contributed by atoms with E-state index < -0.39 is 17.6 Å². The van der Waals surface area contributed by atoms with Gasteiger partial charge in [-0.2, -0.15) is 24.9 Å². The predicted octanol–water partition coefficient (Wildman–Crippen LogP) is 4.80. The molecule has 0 aromatic heterocycles. The molecule has 2 rings (SSSR count). The topological polar surface area (TPSA) is 0 Å². The van der Waals surface area contributed by atoms with E-state index in [-0.39, 0.29) is 10.8 Å². The van der Waals surface area contributed by atoms with Crippen molar-refractivity contribution in [3.63, 3.8) is 0 Å². The molecule has 0 nitrogen and oxygen atoms in total. The van der Waals surface area contributed by atoms with Crippen molar-refractivity contribution in [1.82, 2.24) is 0 Å². The Bertz CT molecular complexity index is 394. The summed E-state index contributed by atoms with van der Waals surface area (Å²) in [5, 5.41) is -0.226. The molecule has 1 aromatic rings. The average molecular weight is 264 g/mol. The molecule has 1 saturated heterocycles. The summed E-state index contributed by atoms with van der Waals surface area (Å²) in [6.45, 7) is 0. The lowest BCUT2D eigenvalue weighted by molar-refractivity contribution is -0.138. The zero-order chi connectivity index (χ0) is 12.5. The third-order valence-electron chi connectivity index (χ3n) is 2.85. The van der Waals surface area contributed by atoms with Gasteiger partial charge in [0.25, 0.3) is 0 Å². The Balaban J connectivity index is 2.39. The second-order valence-corrected chi connectivity index (χ2v) is 5.40. The van der Waals surface area contributed by atoms with Crippen LogP contribution >= 0.6 is 11.8 Å². The molecule has 0 radical (unpaired) electrons. The first-order valence-electron chi connectivity index (χ1n) is 5.47. The Morgan fingerprint density at radius 2 is 1.94 bits per heavy atom. The summed E-state index contributed by atoms with van der Waals surface area (Å²) in [6, 6.07) is 2.76. The minimum atomic E-state index is -4.40. The van der Waals surface area contributed by atoms with E-state index in [1.54, 1.807) is 0 Å². The summed E-state index contributed by atoms with van der Waals surface area (Å²) in [4.78, 5) is 0. The van der Waals surface area contributed by atoms with Crippen molar-refractivity contribution >= 4 is 11.8 Å². The van der Waals surface area contributed by atoms with Gasteiger partial charge in [0.05, 0.1) is 5.56 Å². The molecule has 0 amide bonds. The molecule has 1 aliphatic heterocycles. The number of hydrogen-bond donors (Lipinski definition) is 0. The quantitative estimate of drug-likeness (QED) is 0.656. The van der Waals surface area contributed by atoms with Gasteiger partial charge in [-0.15, -0.1) is 0 Å². The predicted molar refractivity (Wildman–Crippen MR) is 60.5 cm³/mol. The zero-order valence-electron chi connectivity index (χ0n) is 9.06. The fraction of sp³-hybridized carbons (Fsp3) is 0.500. The van der Waals surface area contributed by atoms with E-state index in [2.05, 4.69) is 0 Å². The van der Waals surface area contributed by atoms with Crippen molar-refractivity contribution in [3.05, 3.63) is 35.1 Å². The molecule has 1 aromatic carbocycles. The minimum Gasteiger partial charge on any atom is -0.207 e. The van der Waals surface area contributed by atoms with Crippen LogP contribution in [0.5, 0.6) is 0 Å². The van der Waals surface area contributed by atoms with Crippen LogP contribution in [-0.2, 0) is 6.18 Å². The van der Waals surface area contributed by atoms with E-state index >= 15 is 0 Å². The molecule has 0 saturated carbocycles. The highest BCUT2D eigenvalue weighted by atomic mass is 32.2. The SMILES string of the molecule is Fc1ccc(C(F)(F)F)c(C2CCCCS2)c1. The lowest BCUT2D eigenvalue weighted by atomic mass is 10.00. The van der Waals surface area contributed by atoms with Crippen LogP contribution in [0.25, 0.3) is 0 Å². The fourth-order valence-electron chi connectivity index (χ4n) is 2.04. The summed E-state index contributed by atoms with van der Waals surface area (Å²) in [5.74, 6) is 0.248. The second-order valence-electron chi connectivity index (χ2n) is 4.08. The number of thioether (sulfide) groups is 1. The van der Waals surface area contributed by atoms with E-state index in [9.17, 15) is 17.6 Å². The third-order valence-corrected chi connectivity index (χ3v) is 4.26. The van der Waals surface area contributed by atoms with Crippen LogP contribution in [0.2, 0.25) is 0 Å². The van der Waals surface area contributed by atoms with Crippen molar-refractivity contribution in [2.75, 3.05) is 5.75 Å². The molecule has 0 aliphatic carbocycles. The molecular formula is C12H12F4S. The van der Waals surface area contributed by atoms with Crippen molar-refractivity contribution in [2.24, 2.45) is 0 Å². The summed E-state index contributed by atoms with van der Waals surface area (Å²) >= 11 is 1.49. The van der Waals surface area contributed by atoms with Crippen LogP contribution in [0.3, 0.4) is 0 Å². The van der Waals surface area contributed by atoms with Gasteiger partial charge in [-0.25, -0.2) is 4.39 Å². The van der Waals surface area contributed by atoms with Gasteiger partial charge in [-0.05, 0) is 42.4 Å². The number of benzene rings is 1. The van der Waals surface area contributed by atoms with Crippen LogP contribution in [0.4, 0.5) is 17.6 Å². The van der Waals surface area contributed by atoms with Crippen molar-refractivity contribution in [1.29, 1.82) is 0 Å². The molecule has 1 unspecified atom stereocenters. The summed E-state index contributed by atoms with van der Waals surface area (Å²) in [7, 11) is 0. The van der Waals surface area contributed by atoms with E-state index in [1.807, 2.05) is 0 Å². The van der Waals surface area contributed by atoms with Crippen LogP contribution in [0, 0.1) is 5.82 Å². The van der Waals surface area contributed by atoms with Crippen LogP contribution in [-0.4, -0.2) is 5.75 Å². The van der Waals surface area contributed by atoms with Crippen molar-refractivity contribution in [3.8, 4) is 0 Å². The normalized spacial score (nSPS) is 21.5. The van der Waals surface area contributed by atoms with Crippen LogP contribution in [0.1, 0.15) is 35.6 Å². The number of halogens is 4. The maximum Gasteiger partial charge on any atom is 0.416 e. The summed E-state index contributed by atoms with van der Waals surface area (Å²) in [5.41, 5.74) is -0.597. The van der Waals surface area contributed by atoms with Gasteiger partial charge >= 0.3 is 6.18 Å². The average Bonchev–Trinajstić information content (AvgIpc) is 2.28. The van der Waals surface area contributed by atoms with Crippen molar-refractivity contribution < 1.29 is 17.6 Å². The Labute approximate surface area is 101 Å². The van der Waals surface area contributed by atoms with Gasteiger partial charge in [0.15, 0.2) is 0 Å². The smallest absolute Gasteiger partial charge is 0.207 e. The molecule has 1 fully saturated rings. The molecule has 1 heterocycles. The standard InChI is InChI=1S/C12H12F4S/c13-8-4-5-10(12(14,15)16)9(7-8)11-3-1-2-6-17-11/h4-5,7,11H,1-3,6H2. The molecule has 0 bridgehead atoms. The second kappa shape index (κ2) is 4.88. The molecule has 0 spiro atoms. The fourth-order valence-corrected chi connectivity index (χ4v) is 3.41. The number of rotatable bonds is 1. The molecular weight excluding hydrogens is 252 g/mol. The first-order valence-corrected chi connectivity index (χ1v) is 6.51. The van der Waals surface area contributed by atoms with E-state index in [1.165, 1.54) is 11.8 Å². The Hall–Kier alpha value is -0.710. The maximum atomic E-state index is 13.1. The largest absolute Gasteiger partial charge is 0.416 e. The van der Waals surface area contributed by atoms with E-state index in [0.29, 0.717) is 6.42 Å². The van der Waals surface area contributed by atoms with Gasteiger partial charge < -0.3 is 0 Å². The monoisotopic (exact) mass is 264 g/mol. The van der Waals surface area contributed by atoms with Crippen LogP contribution < -0.4 is 0 Å². The highest BCUT2D eigenvalue weighted by Gasteiger charge is 2.35. The number of hydrogen-bond acceptors (Lipinski definition) is 1. The molecule has 5 heteroatoms. The lowest BCUT2D eigenvalue weighted by Crippen LogP contribution is -2.13. The van der Waals surface area contributed by atoms with Gasteiger partial charge in [0, 0.05) is 5.25 Å². The molecule has 94 valence electrons. The third kappa shape index (κ3) is 2.94. The van der Waals surface area contributed by atoms with Gasteiger partial charge in [0.1, 0.15) is 5.82 Å². The zero-order valence-corrected chi connectivity index (χ0v) is 9.87. The molecule has 1 atom stereocenters. The highest BCUT2D eigenvalue weighted by molar-refractivity contribution is 7.99. The minimum absolute atomic E-state index is 0.0993. The summed E-state index contributed by atoms with van der Waals surface area (Å²) < 4.78 is 51.5. The Morgan fingerprint density at radius 1 is 1.18 bits per heavy atom. The van der Waals surface area contributed by atoms with E-state index in [4.69, 9.17) is 0 Å². The van der Waals surface area contributed by atoms with Gasteiger partial charge in [-0.3, -0.25) is 0 Å². The Morgan fingerprint density at radius 3 is 2.53 bits per heavy atom. The lowest BCUT2D eigenvalue weighted by Gasteiger charge is -2.24.